The molecule has 0 spiro atoms. The fourth-order valence-electron chi connectivity index (χ4n) is 3.28. The van der Waals surface area contributed by atoms with Crippen LogP contribution in [-0.2, 0) is 12.3 Å². The number of thioether (sulfide) groups is 1. The van der Waals surface area contributed by atoms with Crippen LogP contribution in [-0.4, -0.2) is 20.8 Å². The van der Waals surface area contributed by atoms with Crippen molar-refractivity contribution >= 4 is 35.1 Å². The van der Waals surface area contributed by atoms with E-state index in [1.54, 1.807) is 11.8 Å². The molecule has 9 heteroatoms. The topological polar surface area (TPSA) is 71.8 Å². The Morgan fingerprint density at radius 2 is 1.82 bits per heavy atom. The van der Waals surface area contributed by atoms with Crippen LogP contribution in [0.2, 0.25) is 5.02 Å². The van der Waals surface area contributed by atoms with Crippen molar-refractivity contribution in [2.24, 2.45) is 0 Å². The van der Waals surface area contributed by atoms with Crippen molar-refractivity contribution in [3.05, 3.63) is 100 Å². The van der Waals surface area contributed by atoms with Crippen molar-refractivity contribution in [1.29, 1.82) is 0 Å². The average Bonchev–Trinajstić information content (AvgIpc) is 3.23. The highest BCUT2D eigenvalue weighted by Crippen LogP contribution is 2.27. The van der Waals surface area contributed by atoms with Gasteiger partial charge in [-0.2, -0.15) is 0 Å². The maximum absolute atomic E-state index is 13.4. The number of aryl methyl sites for hydroxylation is 2. The molecule has 1 heterocycles. The molecule has 0 aliphatic heterocycles. The first-order valence-electron chi connectivity index (χ1n) is 10.6. The fraction of sp³-hybridized carbons (Fsp3) is 0.160. The summed E-state index contributed by atoms with van der Waals surface area (Å²) >= 11 is 7.37. The van der Waals surface area contributed by atoms with Gasteiger partial charge in [0.2, 0.25) is 0 Å². The highest BCUT2D eigenvalue weighted by molar-refractivity contribution is 7.98. The monoisotopic (exact) mass is 495 g/mol. The van der Waals surface area contributed by atoms with Crippen molar-refractivity contribution < 1.29 is 9.18 Å². The van der Waals surface area contributed by atoms with Gasteiger partial charge in [0, 0.05) is 17.1 Å². The number of carbonyl (C=O) groups is 1. The summed E-state index contributed by atoms with van der Waals surface area (Å²) in [6.07, 6.45) is 0. The molecular formula is C25H23ClFN5OS. The second kappa shape index (κ2) is 10.7. The predicted molar refractivity (Wildman–Crippen MR) is 134 cm³/mol. The van der Waals surface area contributed by atoms with Gasteiger partial charge >= 0.3 is 6.03 Å². The van der Waals surface area contributed by atoms with Gasteiger partial charge in [0.1, 0.15) is 5.82 Å². The quantitative estimate of drug-likeness (QED) is 0.295. The Hall–Kier alpha value is -3.36. The van der Waals surface area contributed by atoms with E-state index in [1.165, 1.54) is 29.3 Å². The summed E-state index contributed by atoms with van der Waals surface area (Å²) < 4.78 is 15.3. The summed E-state index contributed by atoms with van der Waals surface area (Å²) in [6.45, 7) is 4.26. The van der Waals surface area contributed by atoms with E-state index in [1.807, 2.05) is 47.9 Å². The molecule has 1 aromatic heterocycles. The molecule has 0 radical (unpaired) electrons. The standard InChI is InChI=1S/C25H23ClFN5OS/c1-16-7-10-20(11-8-16)32-23(14-28-24(33)29-19-9-12-22(27)21(26)13-19)30-31-25(32)34-15-18-6-4-3-5-17(18)2/h3-13H,14-15H2,1-2H3,(H2,28,29,33). The van der Waals surface area contributed by atoms with Crippen molar-refractivity contribution in [2.45, 2.75) is 31.3 Å². The lowest BCUT2D eigenvalue weighted by Crippen LogP contribution is -2.29. The summed E-state index contributed by atoms with van der Waals surface area (Å²) in [5.41, 5.74) is 4.88. The number of halogens is 2. The number of aromatic nitrogens is 3. The first kappa shape index (κ1) is 23.8. The Morgan fingerprint density at radius 1 is 1.06 bits per heavy atom. The van der Waals surface area contributed by atoms with Crippen LogP contribution >= 0.6 is 23.4 Å². The SMILES string of the molecule is Cc1ccc(-n2c(CNC(=O)Nc3ccc(F)c(Cl)c3)nnc2SCc2ccccc2C)cc1. The summed E-state index contributed by atoms with van der Waals surface area (Å²) in [5.74, 6) is 0.786. The molecular weight excluding hydrogens is 473 g/mol. The molecule has 6 nitrogen and oxygen atoms in total. The number of carbonyl (C=O) groups excluding carboxylic acids is 1. The molecule has 4 rings (SSSR count). The van der Waals surface area contributed by atoms with Crippen LogP contribution in [0.25, 0.3) is 5.69 Å². The fourth-order valence-corrected chi connectivity index (χ4v) is 4.51. The number of amides is 2. The van der Waals surface area contributed by atoms with Crippen LogP contribution in [0.5, 0.6) is 0 Å². The van der Waals surface area contributed by atoms with E-state index < -0.39 is 11.8 Å². The first-order valence-corrected chi connectivity index (χ1v) is 12.0. The van der Waals surface area contributed by atoms with Gasteiger partial charge in [-0.05, 0) is 55.3 Å². The van der Waals surface area contributed by atoms with Crippen LogP contribution in [0, 0.1) is 19.7 Å². The number of urea groups is 1. The Kier molecular flexibility index (Phi) is 7.49. The van der Waals surface area contributed by atoms with E-state index >= 15 is 0 Å². The first-order chi connectivity index (χ1) is 16.4. The third-order valence-corrected chi connectivity index (χ3v) is 6.46. The zero-order valence-electron chi connectivity index (χ0n) is 18.7. The van der Waals surface area contributed by atoms with Gasteiger partial charge in [-0.3, -0.25) is 4.57 Å². The lowest BCUT2D eigenvalue weighted by Gasteiger charge is -2.12. The second-order valence-electron chi connectivity index (χ2n) is 7.72. The number of benzene rings is 3. The van der Waals surface area contributed by atoms with E-state index in [0.717, 1.165) is 22.2 Å². The Morgan fingerprint density at radius 3 is 2.56 bits per heavy atom. The molecule has 0 saturated heterocycles. The molecule has 0 aliphatic rings. The van der Waals surface area contributed by atoms with E-state index in [4.69, 9.17) is 11.6 Å². The van der Waals surface area contributed by atoms with Gasteiger partial charge in [0.05, 0.1) is 11.6 Å². The third kappa shape index (κ3) is 5.76. The lowest BCUT2D eigenvalue weighted by molar-refractivity contribution is 0.251. The molecule has 2 N–H and O–H groups in total. The van der Waals surface area contributed by atoms with Crippen LogP contribution in [0.4, 0.5) is 14.9 Å². The largest absolute Gasteiger partial charge is 0.331 e. The van der Waals surface area contributed by atoms with Gasteiger partial charge < -0.3 is 10.6 Å². The molecule has 4 aromatic rings. The van der Waals surface area contributed by atoms with E-state index in [2.05, 4.69) is 39.9 Å². The van der Waals surface area contributed by atoms with Crippen LogP contribution in [0.15, 0.2) is 71.9 Å². The van der Waals surface area contributed by atoms with Gasteiger partial charge in [-0.15, -0.1) is 10.2 Å². The third-order valence-electron chi connectivity index (χ3n) is 5.20. The normalized spacial score (nSPS) is 10.8. The maximum Gasteiger partial charge on any atom is 0.319 e. The summed E-state index contributed by atoms with van der Waals surface area (Å²) in [5, 5.41) is 14.8. The lowest BCUT2D eigenvalue weighted by atomic mass is 10.1. The molecule has 2 amide bonds. The van der Waals surface area contributed by atoms with Gasteiger partial charge in [-0.1, -0.05) is 65.3 Å². The zero-order valence-corrected chi connectivity index (χ0v) is 20.3. The highest BCUT2D eigenvalue weighted by Gasteiger charge is 2.16. The highest BCUT2D eigenvalue weighted by atomic mass is 35.5. The number of rotatable bonds is 7. The minimum atomic E-state index is -0.547. The number of nitrogens with zero attached hydrogens (tertiary/aromatic N) is 3. The van der Waals surface area contributed by atoms with Gasteiger partial charge in [0.25, 0.3) is 0 Å². The molecule has 0 aliphatic carbocycles. The van der Waals surface area contributed by atoms with Gasteiger partial charge in [-0.25, -0.2) is 9.18 Å². The second-order valence-corrected chi connectivity index (χ2v) is 9.07. The van der Waals surface area contributed by atoms with E-state index in [0.29, 0.717) is 11.5 Å². The molecule has 0 unspecified atom stereocenters. The van der Waals surface area contributed by atoms with E-state index in [-0.39, 0.29) is 11.6 Å². The maximum atomic E-state index is 13.4. The summed E-state index contributed by atoms with van der Waals surface area (Å²) in [4.78, 5) is 12.4. The molecule has 0 atom stereocenters. The number of hydrogen-bond donors (Lipinski definition) is 2. The van der Waals surface area contributed by atoms with Crippen LogP contribution in [0.1, 0.15) is 22.5 Å². The van der Waals surface area contributed by atoms with Crippen molar-refractivity contribution in [2.75, 3.05) is 5.32 Å². The molecule has 0 fully saturated rings. The molecule has 34 heavy (non-hydrogen) atoms. The number of anilines is 1. The van der Waals surface area contributed by atoms with Gasteiger partial charge in [0.15, 0.2) is 11.0 Å². The van der Waals surface area contributed by atoms with Crippen LogP contribution < -0.4 is 10.6 Å². The summed E-state index contributed by atoms with van der Waals surface area (Å²) in [6, 6.07) is 19.8. The Balaban J connectivity index is 1.51. The van der Waals surface area contributed by atoms with Crippen molar-refractivity contribution in [3.63, 3.8) is 0 Å². The average molecular weight is 496 g/mol. The van der Waals surface area contributed by atoms with Crippen molar-refractivity contribution in [3.8, 4) is 5.69 Å². The number of nitrogens with one attached hydrogen (secondary N) is 2. The Bertz CT molecular complexity index is 1310. The van der Waals surface area contributed by atoms with Crippen molar-refractivity contribution in [1.82, 2.24) is 20.1 Å². The molecule has 174 valence electrons. The predicted octanol–water partition coefficient (Wildman–Crippen LogP) is 6.29. The summed E-state index contributed by atoms with van der Waals surface area (Å²) in [7, 11) is 0. The molecule has 0 saturated carbocycles. The Labute approximate surface area is 206 Å². The molecule has 0 bridgehead atoms. The minimum Gasteiger partial charge on any atom is -0.331 e. The zero-order chi connectivity index (χ0) is 24.1. The minimum absolute atomic E-state index is 0.0627. The van der Waals surface area contributed by atoms with E-state index in [9.17, 15) is 9.18 Å². The molecule has 3 aromatic carbocycles. The number of hydrogen-bond acceptors (Lipinski definition) is 4. The van der Waals surface area contributed by atoms with Crippen LogP contribution in [0.3, 0.4) is 0 Å². The smallest absolute Gasteiger partial charge is 0.319 e.